The van der Waals surface area contributed by atoms with Crippen LogP contribution in [0, 0.1) is 5.92 Å². The van der Waals surface area contributed by atoms with Crippen molar-refractivity contribution in [2.24, 2.45) is 5.92 Å². The highest BCUT2D eigenvalue weighted by atomic mass is 16.7. The molecule has 0 saturated carbocycles. The molecule has 0 saturated heterocycles. The van der Waals surface area contributed by atoms with Crippen LogP contribution in [0.25, 0.3) is 0 Å². The largest absolute Gasteiger partial charge is 0.359 e. The molecule has 2 atom stereocenters. The molecule has 0 aliphatic heterocycles. The number of allylic oxidation sites excluding steroid dienone is 1. The molecule has 0 spiro atoms. The van der Waals surface area contributed by atoms with Crippen LogP contribution < -0.4 is 0 Å². The third kappa shape index (κ3) is 2.76. The summed E-state index contributed by atoms with van der Waals surface area (Å²) in [5.74, 6) is 0.127. The maximum absolute atomic E-state index is 11.9. The van der Waals surface area contributed by atoms with Gasteiger partial charge in [0.2, 0.25) is 0 Å². The minimum absolute atomic E-state index is 0.0475. The number of ether oxygens (including phenoxy) is 2. The number of carbonyl (C=O) groups is 1. The van der Waals surface area contributed by atoms with Crippen molar-refractivity contribution in [2.75, 3.05) is 13.9 Å². The average Bonchev–Trinajstić information content (AvgIpc) is 2.19. The number of rotatable bonds is 4. The molecule has 3 nitrogen and oxygen atoms in total. The van der Waals surface area contributed by atoms with Gasteiger partial charge in [-0.05, 0) is 25.8 Å². The minimum Gasteiger partial charge on any atom is -0.359 e. The van der Waals surface area contributed by atoms with Gasteiger partial charge in [0.05, 0.1) is 0 Å². The Morgan fingerprint density at radius 3 is 2.87 bits per heavy atom. The van der Waals surface area contributed by atoms with Crippen LogP contribution in [0.2, 0.25) is 0 Å². The lowest BCUT2D eigenvalue weighted by atomic mass is 9.82. The maximum atomic E-state index is 11.9. The number of Topliss-reactive ketones (excluding diaryl/α,β-unsaturated/α-hetero) is 1. The Kier molecular flexibility index (Phi) is 4.24. The molecule has 0 aromatic heterocycles. The fourth-order valence-corrected chi connectivity index (χ4v) is 1.73. The number of hydrogen-bond donors (Lipinski definition) is 0. The van der Waals surface area contributed by atoms with Gasteiger partial charge in [-0.15, -0.1) is 0 Å². The zero-order valence-electron chi connectivity index (χ0n) is 9.58. The molecule has 0 heterocycles. The van der Waals surface area contributed by atoms with Gasteiger partial charge in [-0.2, -0.15) is 0 Å². The standard InChI is InChI=1S/C12H18O3/c1-8(2)10-6-5-9(3)11(13)12(10)15-7-14-4/h5,10,12H,1,6-7H2,2-4H3/t10-,12-/m0/s1. The number of ketones is 1. The van der Waals surface area contributed by atoms with Gasteiger partial charge in [0.1, 0.15) is 12.9 Å². The van der Waals surface area contributed by atoms with E-state index in [-0.39, 0.29) is 18.5 Å². The Morgan fingerprint density at radius 1 is 1.67 bits per heavy atom. The quantitative estimate of drug-likeness (QED) is 0.526. The molecule has 0 fully saturated rings. The highest BCUT2D eigenvalue weighted by Crippen LogP contribution is 2.28. The molecule has 0 bridgehead atoms. The second-order valence-corrected chi connectivity index (χ2v) is 3.93. The van der Waals surface area contributed by atoms with Crippen LogP contribution in [0.4, 0.5) is 0 Å². The summed E-state index contributed by atoms with van der Waals surface area (Å²) in [5, 5.41) is 0. The molecule has 0 aromatic rings. The van der Waals surface area contributed by atoms with E-state index in [2.05, 4.69) is 6.58 Å². The van der Waals surface area contributed by atoms with Crippen molar-refractivity contribution >= 4 is 5.78 Å². The lowest BCUT2D eigenvalue weighted by Crippen LogP contribution is -2.36. The maximum Gasteiger partial charge on any atom is 0.187 e. The molecular weight excluding hydrogens is 192 g/mol. The summed E-state index contributed by atoms with van der Waals surface area (Å²) in [4.78, 5) is 11.9. The van der Waals surface area contributed by atoms with Crippen LogP contribution in [-0.4, -0.2) is 25.8 Å². The summed E-state index contributed by atoms with van der Waals surface area (Å²) in [7, 11) is 1.55. The summed E-state index contributed by atoms with van der Waals surface area (Å²) in [6, 6.07) is 0. The second-order valence-electron chi connectivity index (χ2n) is 3.93. The Hall–Kier alpha value is -0.930. The first-order chi connectivity index (χ1) is 7.07. The molecule has 84 valence electrons. The van der Waals surface area contributed by atoms with Crippen molar-refractivity contribution < 1.29 is 14.3 Å². The topological polar surface area (TPSA) is 35.5 Å². The average molecular weight is 210 g/mol. The van der Waals surface area contributed by atoms with E-state index in [0.29, 0.717) is 0 Å². The van der Waals surface area contributed by atoms with Gasteiger partial charge in [-0.3, -0.25) is 4.79 Å². The summed E-state index contributed by atoms with van der Waals surface area (Å²) >= 11 is 0. The third-order valence-electron chi connectivity index (χ3n) is 2.69. The van der Waals surface area contributed by atoms with E-state index in [1.165, 1.54) is 0 Å². The summed E-state index contributed by atoms with van der Waals surface area (Å²) < 4.78 is 10.2. The van der Waals surface area contributed by atoms with Crippen molar-refractivity contribution in [3.63, 3.8) is 0 Å². The number of methoxy groups -OCH3 is 1. The van der Waals surface area contributed by atoms with Crippen LogP contribution in [0.3, 0.4) is 0 Å². The normalized spacial score (nSPS) is 26.3. The number of hydrogen-bond acceptors (Lipinski definition) is 3. The molecule has 15 heavy (non-hydrogen) atoms. The fraction of sp³-hybridized carbons (Fsp3) is 0.583. The van der Waals surface area contributed by atoms with E-state index in [4.69, 9.17) is 9.47 Å². The smallest absolute Gasteiger partial charge is 0.187 e. The first-order valence-electron chi connectivity index (χ1n) is 5.04. The lowest BCUT2D eigenvalue weighted by molar-refractivity contribution is -0.141. The van der Waals surface area contributed by atoms with E-state index < -0.39 is 6.10 Å². The predicted octanol–water partition coefficient (Wildman–Crippen LogP) is 2.09. The molecule has 0 unspecified atom stereocenters. The molecular formula is C12H18O3. The van der Waals surface area contributed by atoms with Gasteiger partial charge in [0.15, 0.2) is 5.78 Å². The van der Waals surface area contributed by atoms with E-state index >= 15 is 0 Å². The van der Waals surface area contributed by atoms with Crippen LogP contribution in [0.15, 0.2) is 23.8 Å². The molecule has 3 heteroatoms. The summed E-state index contributed by atoms with van der Waals surface area (Å²) in [6.45, 7) is 7.79. The first kappa shape index (κ1) is 12.1. The van der Waals surface area contributed by atoms with Gasteiger partial charge in [0.25, 0.3) is 0 Å². The molecule has 1 aliphatic rings. The Balaban J connectivity index is 2.79. The summed E-state index contributed by atoms with van der Waals surface area (Å²) in [5.41, 5.74) is 1.75. The van der Waals surface area contributed by atoms with Crippen molar-refractivity contribution in [3.05, 3.63) is 23.8 Å². The van der Waals surface area contributed by atoms with Crippen LogP contribution in [0.1, 0.15) is 20.3 Å². The highest BCUT2D eigenvalue weighted by molar-refractivity contribution is 5.99. The van der Waals surface area contributed by atoms with Gasteiger partial charge in [-0.25, -0.2) is 0 Å². The Labute approximate surface area is 90.8 Å². The van der Waals surface area contributed by atoms with E-state index in [9.17, 15) is 4.79 Å². The highest BCUT2D eigenvalue weighted by Gasteiger charge is 2.33. The Bertz CT molecular complexity index is 291. The molecule has 0 amide bonds. The van der Waals surface area contributed by atoms with Crippen molar-refractivity contribution in [1.82, 2.24) is 0 Å². The minimum atomic E-state index is -0.424. The number of carbonyl (C=O) groups excluding carboxylic acids is 1. The molecule has 0 aromatic carbocycles. The van der Waals surface area contributed by atoms with Gasteiger partial charge < -0.3 is 9.47 Å². The van der Waals surface area contributed by atoms with Gasteiger partial charge >= 0.3 is 0 Å². The fourth-order valence-electron chi connectivity index (χ4n) is 1.73. The van der Waals surface area contributed by atoms with Gasteiger partial charge in [0, 0.05) is 13.0 Å². The van der Waals surface area contributed by atoms with Crippen LogP contribution in [0.5, 0.6) is 0 Å². The van der Waals surface area contributed by atoms with Crippen molar-refractivity contribution in [1.29, 1.82) is 0 Å². The van der Waals surface area contributed by atoms with Crippen LogP contribution in [-0.2, 0) is 14.3 Å². The molecule has 0 radical (unpaired) electrons. The van der Waals surface area contributed by atoms with Gasteiger partial charge in [-0.1, -0.05) is 18.2 Å². The molecule has 1 aliphatic carbocycles. The zero-order chi connectivity index (χ0) is 11.4. The molecule has 0 N–H and O–H groups in total. The van der Waals surface area contributed by atoms with E-state index in [0.717, 1.165) is 17.6 Å². The Morgan fingerprint density at radius 2 is 2.33 bits per heavy atom. The van der Waals surface area contributed by atoms with E-state index in [1.807, 2.05) is 19.9 Å². The SMILES string of the molecule is C=C(C)[C@@H]1CC=C(C)C(=O)[C@H]1OCOC. The first-order valence-corrected chi connectivity index (χ1v) is 5.04. The monoisotopic (exact) mass is 210 g/mol. The zero-order valence-corrected chi connectivity index (χ0v) is 9.58. The van der Waals surface area contributed by atoms with Crippen molar-refractivity contribution in [2.45, 2.75) is 26.4 Å². The predicted molar refractivity (Wildman–Crippen MR) is 58.4 cm³/mol. The lowest BCUT2D eigenvalue weighted by Gasteiger charge is -2.29. The van der Waals surface area contributed by atoms with E-state index in [1.54, 1.807) is 7.11 Å². The third-order valence-corrected chi connectivity index (χ3v) is 2.69. The second kappa shape index (κ2) is 5.24. The van der Waals surface area contributed by atoms with Crippen LogP contribution >= 0.6 is 0 Å². The van der Waals surface area contributed by atoms with Crippen molar-refractivity contribution in [3.8, 4) is 0 Å². The summed E-state index contributed by atoms with van der Waals surface area (Å²) in [6.07, 6.45) is 2.35. The molecule has 1 rings (SSSR count).